The summed E-state index contributed by atoms with van der Waals surface area (Å²) in [5.74, 6) is 0.630. The van der Waals surface area contributed by atoms with Gasteiger partial charge in [0.2, 0.25) is 0 Å². The normalized spacial score (nSPS) is 15.7. The number of benzene rings is 2. The molecule has 0 N–H and O–H groups in total. The molecule has 0 bridgehead atoms. The van der Waals surface area contributed by atoms with Crippen LogP contribution in [0.3, 0.4) is 0 Å². The molecule has 6 nitrogen and oxygen atoms in total. The minimum atomic E-state index is -0.570. The Kier molecular flexibility index (Phi) is 7.64. The molecule has 1 saturated heterocycles. The highest BCUT2D eigenvalue weighted by molar-refractivity contribution is 6.32. The molecule has 2 aromatic carbocycles. The van der Waals surface area contributed by atoms with Gasteiger partial charge in [0, 0.05) is 30.2 Å². The van der Waals surface area contributed by atoms with E-state index in [2.05, 4.69) is 11.1 Å². The molecule has 2 radical (unpaired) electrons. The molecule has 0 aliphatic carbocycles. The number of carbonyl (C=O) groups excluding carboxylic acids is 1. The van der Waals surface area contributed by atoms with E-state index >= 15 is 0 Å². The van der Waals surface area contributed by atoms with Crippen molar-refractivity contribution in [1.29, 1.82) is 5.26 Å². The van der Waals surface area contributed by atoms with E-state index in [-0.39, 0.29) is 17.6 Å². The van der Waals surface area contributed by atoms with Crippen LogP contribution in [0.5, 0.6) is 5.75 Å². The van der Waals surface area contributed by atoms with Crippen LogP contribution in [0.15, 0.2) is 60.7 Å². The van der Waals surface area contributed by atoms with Crippen molar-refractivity contribution in [3.63, 3.8) is 0 Å². The Bertz CT molecular complexity index is 1260. The van der Waals surface area contributed by atoms with Crippen molar-refractivity contribution < 1.29 is 14.3 Å². The van der Waals surface area contributed by atoms with Crippen LogP contribution in [0.2, 0.25) is 0 Å². The molecule has 1 fully saturated rings. The molecule has 36 heavy (non-hydrogen) atoms. The molecule has 4 rings (SSSR count). The Labute approximate surface area is 214 Å². The van der Waals surface area contributed by atoms with Crippen LogP contribution >= 0.6 is 0 Å². The predicted molar refractivity (Wildman–Crippen MR) is 140 cm³/mol. The van der Waals surface area contributed by atoms with Crippen LogP contribution in [0.4, 0.5) is 4.79 Å². The smallest absolute Gasteiger partial charge is 0.410 e. The summed E-state index contributed by atoms with van der Waals surface area (Å²) < 4.78 is 11.7. The first kappa shape index (κ1) is 25.3. The van der Waals surface area contributed by atoms with E-state index in [9.17, 15) is 10.1 Å². The molecule has 1 unspecified atom stereocenters. The third-order valence-corrected chi connectivity index (χ3v) is 6.10. The van der Waals surface area contributed by atoms with E-state index < -0.39 is 5.60 Å². The standard InChI is InChI=1S/C29H30BN3O3/c1-29(2,3)36-28(34)33-15-9-12-21(18-33)23-16-25(32-27(30)24(23)17-31)22-13-7-8-14-26(22)35-19-20-10-5-4-6-11-20/h4-8,10-11,13-14,16,21H,9,12,15,18-19H2,1-3H3. The fraction of sp³-hybridized carbons (Fsp3) is 0.345. The average molecular weight is 479 g/mol. The summed E-state index contributed by atoms with van der Waals surface area (Å²) >= 11 is 0. The molecule has 7 heteroatoms. The molecule has 0 saturated carbocycles. The number of ether oxygens (including phenoxy) is 2. The third-order valence-electron chi connectivity index (χ3n) is 6.10. The van der Waals surface area contributed by atoms with E-state index in [4.69, 9.17) is 17.3 Å². The van der Waals surface area contributed by atoms with E-state index in [1.54, 1.807) is 4.90 Å². The lowest BCUT2D eigenvalue weighted by Crippen LogP contribution is -2.42. The number of nitrogens with zero attached hydrogens (tertiary/aromatic N) is 3. The van der Waals surface area contributed by atoms with Gasteiger partial charge in [-0.15, -0.1) is 0 Å². The fourth-order valence-electron chi connectivity index (χ4n) is 4.43. The summed E-state index contributed by atoms with van der Waals surface area (Å²) in [5.41, 5.74) is 3.26. The molecule has 2 heterocycles. The Morgan fingerprint density at radius 1 is 1.17 bits per heavy atom. The van der Waals surface area contributed by atoms with Crippen LogP contribution in [-0.2, 0) is 11.3 Å². The number of amides is 1. The Hall–Kier alpha value is -3.79. The topological polar surface area (TPSA) is 75.4 Å². The largest absolute Gasteiger partial charge is 0.488 e. The molecule has 1 aliphatic rings. The van der Waals surface area contributed by atoms with Gasteiger partial charge in [0.05, 0.1) is 11.3 Å². The second kappa shape index (κ2) is 10.9. The van der Waals surface area contributed by atoms with Gasteiger partial charge in [-0.1, -0.05) is 42.5 Å². The lowest BCUT2D eigenvalue weighted by molar-refractivity contribution is 0.0198. The molecule has 1 amide bonds. The zero-order valence-electron chi connectivity index (χ0n) is 21.0. The number of rotatable bonds is 5. The third kappa shape index (κ3) is 6.06. The van der Waals surface area contributed by atoms with Gasteiger partial charge in [-0.3, -0.25) is 4.98 Å². The summed E-state index contributed by atoms with van der Waals surface area (Å²) in [5, 5.41) is 9.88. The molecule has 3 aromatic rings. The SMILES string of the molecule is [B]c1nc(-c2ccccc2OCc2ccccc2)cc(C2CCCN(C(=O)OC(C)(C)C)C2)c1C#N. The number of piperidine rings is 1. The van der Waals surface area contributed by atoms with Gasteiger partial charge < -0.3 is 14.4 Å². The highest BCUT2D eigenvalue weighted by atomic mass is 16.6. The van der Waals surface area contributed by atoms with E-state index in [0.717, 1.165) is 29.5 Å². The minimum Gasteiger partial charge on any atom is -0.488 e. The van der Waals surface area contributed by atoms with E-state index in [1.165, 1.54) is 0 Å². The van der Waals surface area contributed by atoms with Crippen molar-refractivity contribution in [1.82, 2.24) is 9.88 Å². The van der Waals surface area contributed by atoms with E-state index in [1.807, 2.05) is 81.4 Å². The van der Waals surface area contributed by atoms with Crippen molar-refractivity contribution in [3.8, 4) is 23.1 Å². The zero-order chi connectivity index (χ0) is 25.7. The van der Waals surface area contributed by atoms with Gasteiger partial charge in [-0.25, -0.2) is 4.79 Å². The number of para-hydroxylation sites is 1. The van der Waals surface area contributed by atoms with E-state index in [0.29, 0.717) is 36.7 Å². The molecule has 182 valence electrons. The average Bonchev–Trinajstić information content (AvgIpc) is 2.87. The van der Waals surface area contributed by atoms with Gasteiger partial charge in [0.15, 0.2) is 0 Å². The molecular weight excluding hydrogens is 449 g/mol. The first-order chi connectivity index (χ1) is 17.2. The predicted octanol–water partition coefficient (Wildman–Crippen LogP) is 5.11. The van der Waals surface area contributed by atoms with Gasteiger partial charge in [0.1, 0.15) is 31.9 Å². The number of nitriles is 1. The quantitative estimate of drug-likeness (QED) is 0.476. The molecule has 0 spiro atoms. The summed E-state index contributed by atoms with van der Waals surface area (Å²) in [7, 11) is 6.29. The van der Waals surface area contributed by atoms with Crippen LogP contribution in [0.1, 0.15) is 56.2 Å². The highest BCUT2D eigenvalue weighted by Gasteiger charge is 2.30. The first-order valence-electron chi connectivity index (χ1n) is 12.2. The molecule has 1 atom stereocenters. The van der Waals surface area contributed by atoms with Crippen molar-refractivity contribution in [2.45, 2.75) is 51.7 Å². The van der Waals surface area contributed by atoms with Crippen LogP contribution in [0.25, 0.3) is 11.3 Å². The maximum Gasteiger partial charge on any atom is 0.410 e. The van der Waals surface area contributed by atoms with Gasteiger partial charge >= 0.3 is 6.09 Å². The van der Waals surface area contributed by atoms with Crippen molar-refractivity contribution in [2.75, 3.05) is 13.1 Å². The fourth-order valence-corrected chi connectivity index (χ4v) is 4.43. The summed E-state index contributed by atoms with van der Waals surface area (Å²) in [6.45, 7) is 7.06. The van der Waals surface area contributed by atoms with Gasteiger partial charge in [-0.2, -0.15) is 5.26 Å². The number of hydrogen-bond acceptors (Lipinski definition) is 5. The number of hydrogen-bond donors (Lipinski definition) is 0. The maximum absolute atomic E-state index is 12.7. The van der Waals surface area contributed by atoms with Crippen molar-refractivity contribution in [2.24, 2.45) is 0 Å². The Balaban J connectivity index is 1.64. The number of pyridine rings is 1. The van der Waals surface area contributed by atoms with Crippen molar-refractivity contribution in [3.05, 3.63) is 77.4 Å². The second-order valence-corrected chi connectivity index (χ2v) is 10.0. The zero-order valence-corrected chi connectivity index (χ0v) is 21.0. The second-order valence-electron chi connectivity index (χ2n) is 10.0. The van der Waals surface area contributed by atoms with Crippen LogP contribution in [-0.4, -0.2) is 42.5 Å². The van der Waals surface area contributed by atoms with Crippen molar-refractivity contribution >= 4 is 19.5 Å². The van der Waals surface area contributed by atoms with Gasteiger partial charge in [0.25, 0.3) is 0 Å². The van der Waals surface area contributed by atoms with Crippen LogP contribution in [0, 0.1) is 11.3 Å². The lowest BCUT2D eigenvalue weighted by Gasteiger charge is -2.34. The first-order valence-corrected chi connectivity index (χ1v) is 12.2. The number of carbonyl (C=O) groups is 1. The Morgan fingerprint density at radius 2 is 1.89 bits per heavy atom. The monoisotopic (exact) mass is 479 g/mol. The summed E-state index contributed by atoms with van der Waals surface area (Å²) in [6, 6.07) is 21.8. The molecular formula is C29H30BN3O3. The van der Waals surface area contributed by atoms with Gasteiger partial charge in [-0.05, 0) is 62.9 Å². The summed E-state index contributed by atoms with van der Waals surface area (Å²) in [4.78, 5) is 19.0. The Morgan fingerprint density at radius 3 is 2.61 bits per heavy atom. The number of aromatic nitrogens is 1. The highest BCUT2D eigenvalue weighted by Crippen LogP contribution is 2.34. The lowest BCUT2D eigenvalue weighted by atomic mass is 9.83. The maximum atomic E-state index is 12.7. The van der Waals surface area contributed by atoms with Crippen LogP contribution < -0.4 is 10.3 Å². The minimum absolute atomic E-state index is 0.0534. The molecule has 1 aromatic heterocycles. The summed E-state index contributed by atoms with van der Waals surface area (Å²) in [6.07, 6.45) is 1.30. The molecule has 1 aliphatic heterocycles. The number of likely N-dealkylation sites (tertiary alicyclic amines) is 1.